The van der Waals surface area contributed by atoms with Crippen LogP contribution in [0.4, 0.5) is 5.82 Å². The molecule has 6 heteroatoms. The molecule has 0 saturated heterocycles. The van der Waals surface area contributed by atoms with Crippen molar-refractivity contribution >= 4 is 5.82 Å². The highest BCUT2D eigenvalue weighted by Crippen LogP contribution is 2.39. The Labute approximate surface area is 151 Å². The smallest absolute Gasteiger partial charge is 0.133 e. The minimum absolute atomic E-state index is 0.627. The zero-order chi connectivity index (χ0) is 18.1. The van der Waals surface area contributed by atoms with E-state index >= 15 is 0 Å². The molecule has 0 radical (unpaired) electrons. The number of aromatic nitrogens is 2. The average molecular weight is 346 g/mol. The third kappa shape index (κ3) is 2.54. The van der Waals surface area contributed by atoms with Crippen LogP contribution in [0.1, 0.15) is 11.1 Å². The molecule has 26 heavy (non-hydrogen) atoms. The normalized spacial score (nSPS) is 12.2. The van der Waals surface area contributed by atoms with E-state index in [1.54, 1.807) is 26.4 Å². The molecule has 0 atom stereocenters. The number of fused-ring (bicyclic) bond motifs is 1. The van der Waals surface area contributed by atoms with E-state index in [2.05, 4.69) is 11.4 Å². The van der Waals surface area contributed by atoms with Crippen molar-refractivity contribution in [1.82, 2.24) is 9.78 Å². The highest BCUT2D eigenvalue weighted by atomic mass is 16.5. The van der Waals surface area contributed by atoms with Crippen LogP contribution >= 0.6 is 0 Å². The van der Waals surface area contributed by atoms with E-state index in [0.717, 1.165) is 52.8 Å². The van der Waals surface area contributed by atoms with Crippen LogP contribution in [-0.4, -0.2) is 30.5 Å². The van der Waals surface area contributed by atoms with E-state index in [-0.39, 0.29) is 0 Å². The molecule has 0 bridgehead atoms. The molecule has 3 aromatic rings. The number of nitriles is 1. The average Bonchev–Trinajstić information content (AvgIpc) is 3.30. The van der Waals surface area contributed by atoms with Crippen LogP contribution < -0.4 is 14.8 Å². The van der Waals surface area contributed by atoms with Crippen molar-refractivity contribution in [2.75, 3.05) is 26.1 Å². The van der Waals surface area contributed by atoms with Crippen molar-refractivity contribution in [2.24, 2.45) is 0 Å². The fraction of sp³-hybridized carbons (Fsp3) is 0.200. The molecule has 0 amide bonds. The van der Waals surface area contributed by atoms with Gasteiger partial charge in [0.25, 0.3) is 0 Å². The minimum Gasteiger partial charge on any atom is -0.497 e. The van der Waals surface area contributed by atoms with Gasteiger partial charge in [-0.1, -0.05) is 0 Å². The summed E-state index contributed by atoms with van der Waals surface area (Å²) in [7, 11) is 3.28. The number of nitrogens with zero attached hydrogens (tertiary/aromatic N) is 3. The Morgan fingerprint density at radius 3 is 2.62 bits per heavy atom. The zero-order valence-electron chi connectivity index (χ0n) is 14.6. The summed E-state index contributed by atoms with van der Waals surface area (Å²) in [5.74, 6) is 2.46. The Hall–Kier alpha value is -3.46. The Morgan fingerprint density at radius 1 is 1.12 bits per heavy atom. The number of nitrogens with one attached hydrogen (secondary N) is 1. The van der Waals surface area contributed by atoms with Gasteiger partial charge in [0.15, 0.2) is 0 Å². The third-order valence-electron chi connectivity index (χ3n) is 4.56. The number of hydrogen-bond acceptors (Lipinski definition) is 5. The van der Waals surface area contributed by atoms with Crippen LogP contribution in [0.3, 0.4) is 0 Å². The highest BCUT2D eigenvalue weighted by molar-refractivity contribution is 5.77. The molecule has 6 nitrogen and oxygen atoms in total. The molecule has 1 aliphatic rings. The third-order valence-corrected chi connectivity index (χ3v) is 4.56. The molecular formula is C20H18N4O2. The van der Waals surface area contributed by atoms with Crippen molar-refractivity contribution in [3.63, 3.8) is 0 Å². The molecular weight excluding hydrogens is 328 g/mol. The standard InChI is InChI=1S/C20H18N4O2/c1-25-15-7-8-16(18(11-15)26-2)19-17-9-10-22-20(17)24(23-19)14-5-3-13(12-21)4-6-14/h3-8,11,22H,9-10H2,1-2H3. The van der Waals surface area contributed by atoms with Crippen LogP contribution in [0.15, 0.2) is 42.5 Å². The van der Waals surface area contributed by atoms with Gasteiger partial charge in [0.05, 0.1) is 31.5 Å². The molecule has 0 spiro atoms. The van der Waals surface area contributed by atoms with E-state index in [0.29, 0.717) is 5.56 Å². The first-order valence-electron chi connectivity index (χ1n) is 8.34. The first-order valence-corrected chi connectivity index (χ1v) is 8.34. The second kappa shape index (κ2) is 6.45. The van der Waals surface area contributed by atoms with Gasteiger partial charge in [0.2, 0.25) is 0 Å². The van der Waals surface area contributed by atoms with Gasteiger partial charge < -0.3 is 14.8 Å². The van der Waals surface area contributed by atoms with Gasteiger partial charge in [-0.2, -0.15) is 10.4 Å². The van der Waals surface area contributed by atoms with Gasteiger partial charge in [-0.05, 0) is 42.8 Å². The molecule has 1 aliphatic heterocycles. The fourth-order valence-electron chi connectivity index (χ4n) is 3.25. The lowest BCUT2D eigenvalue weighted by molar-refractivity contribution is 0.395. The lowest BCUT2D eigenvalue weighted by Gasteiger charge is -2.09. The number of benzene rings is 2. The van der Waals surface area contributed by atoms with E-state index in [1.165, 1.54) is 0 Å². The lowest BCUT2D eigenvalue weighted by Crippen LogP contribution is -2.04. The molecule has 2 aromatic carbocycles. The van der Waals surface area contributed by atoms with Gasteiger partial charge in [0, 0.05) is 23.7 Å². The summed E-state index contributed by atoms with van der Waals surface area (Å²) in [6, 6.07) is 15.3. The summed E-state index contributed by atoms with van der Waals surface area (Å²) in [4.78, 5) is 0. The summed E-state index contributed by atoms with van der Waals surface area (Å²) >= 11 is 0. The fourth-order valence-corrected chi connectivity index (χ4v) is 3.25. The maximum absolute atomic E-state index is 9.00. The maximum atomic E-state index is 9.00. The molecule has 1 N–H and O–H groups in total. The van der Waals surface area contributed by atoms with Crippen molar-refractivity contribution < 1.29 is 9.47 Å². The van der Waals surface area contributed by atoms with Gasteiger partial charge in [-0.25, -0.2) is 4.68 Å². The summed E-state index contributed by atoms with van der Waals surface area (Å²) in [5, 5.41) is 17.3. The van der Waals surface area contributed by atoms with Crippen LogP contribution in [0.5, 0.6) is 11.5 Å². The number of ether oxygens (including phenoxy) is 2. The number of anilines is 1. The second-order valence-corrected chi connectivity index (χ2v) is 5.99. The van der Waals surface area contributed by atoms with Crippen molar-refractivity contribution in [2.45, 2.75) is 6.42 Å². The maximum Gasteiger partial charge on any atom is 0.133 e. The molecule has 130 valence electrons. The first-order chi connectivity index (χ1) is 12.7. The SMILES string of the molecule is COc1ccc(-c2nn(-c3ccc(C#N)cc3)c3c2CCN3)c(OC)c1. The number of rotatable bonds is 4. The number of methoxy groups -OCH3 is 2. The quantitative estimate of drug-likeness (QED) is 0.784. The van der Waals surface area contributed by atoms with Crippen LogP contribution in [0, 0.1) is 11.3 Å². The van der Waals surface area contributed by atoms with Crippen molar-refractivity contribution in [1.29, 1.82) is 5.26 Å². The molecule has 0 unspecified atom stereocenters. The summed E-state index contributed by atoms with van der Waals surface area (Å²) in [6.07, 6.45) is 0.899. The Balaban J connectivity index is 1.85. The summed E-state index contributed by atoms with van der Waals surface area (Å²) in [6.45, 7) is 0.870. The van der Waals surface area contributed by atoms with E-state index in [1.807, 2.05) is 35.0 Å². The molecule has 1 aromatic heterocycles. The molecule has 4 rings (SSSR count). The molecule has 2 heterocycles. The second-order valence-electron chi connectivity index (χ2n) is 5.99. The van der Waals surface area contributed by atoms with Crippen LogP contribution in [0.25, 0.3) is 16.9 Å². The van der Waals surface area contributed by atoms with Crippen LogP contribution in [0.2, 0.25) is 0 Å². The largest absolute Gasteiger partial charge is 0.497 e. The zero-order valence-corrected chi connectivity index (χ0v) is 14.6. The van der Waals surface area contributed by atoms with Crippen molar-refractivity contribution in [3.05, 3.63) is 53.6 Å². The summed E-state index contributed by atoms with van der Waals surface area (Å²) in [5.41, 5.74) is 4.53. The monoisotopic (exact) mass is 346 g/mol. The predicted molar refractivity (Wildman–Crippen MR) is 99.0 cm³/mol. The predicted octanol–water partition coefficient (Wildman–Crippen LogP) is 3.40. The number of hydrogen-bond donors (Lipinski definition) is 1. The minimum atomic E-state index is 0.627. The molecule has 0 saturated carbocycles. The topological polar surface area (TPSA) is 72.1 Å². The lowest BCUT2D eigenvalue weighted by atomic mass is 10.1. The molecule has 0 fully saturated rings. The van der Waals surface area contributed by atoms with E-state index < -0.39 is 0 Å². The van der Waals surface area contributed by atoms with E-state index in [4.69, 9.17) is 19.8 Å². The molecule has 0 aliphatic carbocycles. The van der Waals surface area contributed by atoms with Gasteiger partial charge in [0.1, 0.15) is 23.0 Å². The van der Waals surface area contributed by atoms with Crippen LogP contribution in [-0.2, 0) is 6.42 Å². The van der Waals surface area contributed by atoms with Gasteiger partial charge >= 0.3 is 0 Å². The van der Waals surface area contributed by atoms with Crippen molar-refractivity contribution in [3.8, 4) is 34.5 Å². The summed E-state index contributed by atoms with van der Waals surface area (Å²) < 4.78 is 12.7. The van der Waals surface area contributed by atoms with Gasteiger partial charge in [-0.3, -0.25) is 0 Å². The Kier molecular flexibility index (Phi) is 3.98. The van der Waals surface area contributed by atoms with Gasteiger partial charge in [-0.15, -0.1) is 0 Å². The highest BCUT2D eigenvalue weighted by Gasteiger charge is 2.25. The first kappa shape index (κ1) is 16.0. The Bertz CT molecular complexity index is 1000. The van der Waals surface area contributed by atoms with E-state index in [9.17, 15) is 0 Å². The Morgan fingerprint density at radius 2 is 1.92 bits per heavy atom.